The Bertz CT molecular complexity index is 723. The molecule has 21 heavy (non-hydrogen) atoms. The zero-order chi connectivity index (χ0) is 14.2. The van der Waals surface area contributed by atoms with Crippen molar-refractivity contribution in [2.75, 3.05) is 11.4 Å². The Morgan fingerprint density at radius 1 is 1.00 bits per heavy atom. The van der Waals surface area contributed by atoms with Crippen LogP contribution in [0, 0.1) is 5.21 Å². The second-order valence-corrected chi connectivity index (χ2v) is 5.48. The second-order valence-electron chi connectivity index (χ2n) is 5.48. The summed E-state index contributed by atoms with van der Waals surface area (Å²) in [6.07, 6.45) is 2.15. The Labute approximate surface area is 123 Å². The molecular formula is C17H17N3O. The SMILES string of the molecule is [O-][N+]1=C(N2CCCc3ccccc32)NCc2ccccc21. The molecule has 0 bridgehead atoms. The number of guanidine groups is 1. The first-order valence-electron chi connectivity index (χ1n) is 7.36. The molecule has 0 saturated heterocycles. The Morgan fingerprint density at radius 2 is 1.76 bits per heavy atom. The second kappa shape index (κ2) is 4.81. The molecule has 2 aliphatic rings. The van der Waals surface area contributed by atoms with Gasteiger partial charge in [0.15, 0.2) is 0 Å². The van der Waals surface area contributed by atoms with Gasteiger partial charge in [-0.25, -0.2) is 9.64 Å². The maximum atomic E-state index is 12.7. The molecule has 0 fully saturated rings. The first kappa shape index (κ1) is 12.3. The van der Waals surface area contributed by atoms with E-state index in [0.717, 1.165) is 41.1 Å². The predicted molar refractivity (Wildman–Crippen MR) is 83.7 cm³/mol. The highest BCUT2D eigenvalue weighted by molar-refractivity contribution is 5.95. The van der Waals surface area contributed by atoms with Crippen LogP contribution >= 0.6 is 0 Å². The van der Waals surface area contributed by atoms with Gasteiger partial charge in [-0.3, -0.25) is 5.32 Å². The fraction of sp³-hybridized carbons (Fsp3) is 0.235. The van der Waals surface area contributed by atoms with Crippen molar-refractivity contribution in [3.8, 4) is 0 Å². The number of benzene rings is 2. The lowest BCUT2D eigenvalue weighted by Gasteiger charge is -2.32. The Hall–Kier alpha value is -2.49. The maximum Gasteiger partial charge on any atom is 0.358 e. The molecule has 0 saturated carbocycles. The number of nitrogens with zero attached hydrogens (tertiary/aromatic N) is 2. The lowest BCUT2D eigenvalue weighted by molar-refractivity contribution is -0.368. The third-order valence-electron chi connectivity index (χ3n) is 4.21. The summed E-state index contributed by atoms with van der Waals surface area (Å²) in [4.78, 5) is 2.11. The lowest BCUT2D eigenvalue weighted by Crippen LogP contribution is -2.49. The van der Waals surface area contributed by atoms with Crippen molar-refractivity contribution >= 4 is 17.3 Å². The molecule has 0 atom stereocenters. The molecular weight excluding hydrogens is 262 g/mol. The van der Waals surface area contributed by atoms with Crippen LogP contribution in [-0.2, 0) is 13.0 Å². The minimum Gasteiger partial charge on any atom is -0.740 e. The predicted octanol–water partition coefficient (Wildman–Crippen LogP) is 2.74. The number of hydrogen-bond acceptors (Lipinski definition) is 3. The van der Waals surface area contributed by atoms with Crippen molar-refractivity contribution in [3.63, 3.8) is 0 Å². The molecule has 2 heterocycles. The normalized spacial score (nSPS) is 17.0. The van der Waals surface area contributed by atoms with Crippen LogP contribution in [-0.4, -0.2) is 17.2 Å². The fourth-order valence-electron chi connectivity index (χ4n) is 3.18. The van der Waals surface area contributed by atoms with Gasteiger partial charge in [-0.2, -0.15) is 0 Å². The molecule has 0 radical (unpaired) electrons. The summed E-state index contributed by atoms with van der Waals surface area (Å²) in [5, 5.41) is 16.0. The smallest absolute Gasteiger partial charge is 0.358 e. The van der Waals surface area contributed by atoms with Crippen molar-refractivity contribution in [2.24, 2.45) is 0 Å². The summed E-state index contributed by atoms with van der Waals surface area (Å²) >= 11 is 0. The Balaban J connectivity index is 1.82. The van der Waals surface area contributed by atoms with Gasteiger partial charge in [0.2, 0.25) is 0 Å². The quantitative estimate of drug-likeness (QED) is 0.595. The van der Waals surface area contributed by atoms with Crippen LogP contribution in [0.5, 0.6) is 0 Å². The van der Waals surface area contributed by atoms with E-state index in [2.05, 4.69) is 28.4 Å². The molecule has 2 aromatic rings. The highest BCUT2D eigenvalue weighted by Crippen LogP contribution is 2.29. The average molecular weight is 279 g/mol. The molecule has 0 amide bonds. The average Bonchev–Trinajstić information content (AvgIpc) is 2.55. The van der Waals surface area contributed by atoms with Gasteiger partial charge < -0.3 is 5.21 Å². The van der Waals surface area contributed by atoms with Crippen LogP contribution in [0.25, 0.3) is 0 Å². The van der Waals surface area contributed by atoms with Crippen LogP contribution in [0.1, 0.15) is 17.5 Å². The first-order valence-corrected chi connectivity index (χ1v) is 7.36. The van der Waals surface area contributed by atoms with Crippen molar-refractivity contribution < 1.29 is 4.74 Å². The largest absolute Gasteiger partial charge is 0.740 e. The van der Waals surface area contributed by atoms with E-state index in [1.54, 1.807) is 0 Å². The van der Waals surface area contributed by atoms with Crippen molar-refractivity contribution in [2.45, 2.75) is 19.4 Å². The molecule has 0 unspecified atom stereocenters. The maximum absolute atomic E-state index is 12.7. The number of hydrogen-bond donors (Lipinski definition) is 1. The molecule has 0 spiro atoms. The van der Waals surface area contributed by atoms with Crippen LogP contribution in [0.2, 0.25) is 0 Å². The van der Waals surface area contributed by atoms with Crippen LogP contribution in [0.4, 0.5) is 11.4 Å². The van der Waals surface area contributed by atoms with E-state index >= 15 is 0 Å². The van der Waals surface area contributed by atoms with Crippen molar-refractivity contribution in [1.82, 2.24) is 5.32 Å². The Morgan fingerprint density at radius 3 is 2.67 bits per heavy atom. The molecule has 2 aliphatic heterocycles. The lowest BCUT2D eigenvalue weighted by atomic mass is 10.0. The Kier molecular flexibility index (Phi) is 2.81. The number of aryl methyl sites for hydroxylation is 1. The van der Waals surface area contributed by atoms with E-state index in [1.165, 1.54) is 5.56 Å². The van der Waals surface area contributed by atoms with Gasteiger partial charge >= 0.3 is 5.96 Å². The number of fused-ring (bicyclic) bond motifs is 2. The zero-order valence-corrected chi connectivity index (χ0v) is 11.7. The van der Waals surface area contributed by atoms with Gasteiger partial charge in [0.05, 0.1) is 13.1 Å². The van der Waals surface area contributed by atoms with E-state index in [0.29, 0.717) is 12.5 Å². The summed E-state index contributed by atoms with van der Waals surface area (Å²) < 4.78 is 1.03. The van der Waals surface area contributed by atoms with Gasteiger partial charge in [0.25, 0.3) is 0 Å². The van der Waals surface area contributed by atoms with E-state index in [9.17, 15) is 5.21 Å². The van der Waals surface area contributed by atoms with Crippen LogP contribution in [0.15, 0.2) is 48.5 Å². The zero-order valence-electron chi connectivity index (χ0n) is 11.7. The molecule has 4 rings (SSSR count). The highest BCUT2D eigenvalue weighted by Gasteiger charge is 2.30. The molecule has 0 aromatic heterocycles. The molecule has 4 nitrogen and oxygen atoms in total. The summed E-state index contributed by atoms with van der Waals surface area (Å²) in [5.41, 5.74) is 4.24. The summed E-state index contributed by atoms with van der Waals surface area (Å²) in [6.45, 7) is 1.57. The molecule has 2 aromatic carbocycles. The van der Waals surface area contributed by atoms with Gasteiger partial charge in [-0.15, -0.1) is 0 Å². The minimum absolute atomic E-state index is 0.640. The molecule has 0 aliphatic carbocycles. The van der Waals surface area contributed by atoms with E-state index in [1.807, 2.05) is 30.3 Å². The van der Waals surface area contributed by atoms with Gasteiger partial charge in [0, 0.05) is 5.56 Å². The standard InChI is InChI=1S/C17H17N3O/c21-20-16-10-4-2-7-14(16)12-18-17(20)19-11-5-8-13-6-1-3-9-15(13)19/h1-4,6-7,9-10,18H,5,8,11-12H2. The first-order chi connectivity index (χ1) is 10.3. The monoisotopic (exact) mass is 279 g/mol. The number of rotatable bonds is 0. The van der Waals surface area contributed by atoms with E-state index in [-0.39, 0.29) is 0 Å². The highest BCUT2D eigenvalue weighted by atomic mass is 16.5. The summed E-state index contributed by atoms with van der Waals surface area (Å²) in [6, 6.07) is 16.1. The molecule has 1 N–H and O–H groups in total. The topological polar surface area (TPSA) is 41.3 Å². The van der Waals surface area contributed by atoms with Crippen LogP contribution < -0.4 is 10.2 Å². The van der Waals surface area contributed by atoms with Crippen molar-refractivity contribution in [3.05, 3.63) is 64.9 Å². The third kappa shape index (κ3) is 1.95. The van der Waals surface area contributed by atoms with Gasteiger partial charge in [-0.05, 0) is 30.5 Å². The van der Waals surface area contributed by atoms with Crippen LogP contribution in [0.3, 0.4) is 0 Å². The van der Waals surface area contributed by atoms with Gasteiger partial charge in [-0.1, -0.05) is 36.4 Å². The van der Waals surface area contributed by atoms with E-state index < -0.39 is 0 Å². The fourth-order valence-corrected chi connectivity index (χ4v) is 3.18. The summed E-state index contributed by atoms with van der Waals surface area (Å²) in [5.74, 6) is 0.640. The molecule has 106 valence electrons. The molecule has 4 heteroatoms. The number of para-hydroxylation sites is 2. The number of anilines is 1. The van der Waals surface area contributed by atoms with E-state index in [4.69, 9.17) is 0 Å². The summed E-state index contributed by atoms with van der Waals surface area (Å²) in [7, 11) is 0. The third-order valence-corrected chi connectivity index (χ3v) is 4.21. The van der Waals surface area contributed by atoms with Gasteiger partial charge in [0.1, 0.15) is 11.4 Å². The minimum atomic E-state index is 0.640. The number of nitrogens with one attached hydrogen (secondary N) is 1. The van der Waals surface area contributed by atoms with Crippen molar-refractivity contribution in [1.29, 1.82) is 0 Å².